The molecule has 0 spiro atoms. The highest BCUT2D eigenvalue weighted by Crippen LogP contribution is 2.41. The molecule has 0 radical (unpaired) electrons. The van der Waals surface area contributed by atoms with Crippen LogP contribution in [-0.2, 0) is 4.79 Å². The van der Waals surface area contributed by atoms with E-state index in [-0.39, 0.29) is 12.0 Å². The lowest BCUT2D eigenvalue weighted by Crippen LogP contribution is -2.41. The molecule has 2 aromatic carbocycles. The zero-order chi connectivity index (χ0) is 21.1. The Morgan fingerprint density at radius 2 is 2.07 bits per heavy atom. The number of carboxylic acids is 1. The van der Waals surface area contributed by atoms with Crippen LogP contribution in [0.3, 0.4) is 0 Å². The molecule has 158 valence electrons. The van der Waals surface area contributed by atoms with E-state index in [1.807, 2.05) is 19.1 Å². The Morgan fingerprint density at radius 3 is 2.80 bits per heavy atom. The van der Waals surface area contributed by atoms with Crippen molar-refractivity contribution in [3.63, 3.8) is 0 Å². The summed E-state index contributed by atoms with van der Waals surface area (Å²) in [5, 5.41) is 10.8. The number of ether oxygens (including phenoxy) is 2. The minimum absolute atomic E-state index is 0.0193. The number of carbonyl (C=O) groups is 1. The van der Waals surface area contributed by atoms with Gasteiger partial charge in [-0.3, -0.25) is 9.69 Å². The molecule has 1 aliphatic rings. The van der Waals surface area contributed by atoms with E-state index in [1.54, 1.807) is 18.4 Å². The Labute approximate surface area is 180 Å². The zero-order valence-electron chi connectivity index (χ0n) is 17.3. The van der Waals surface area contributed by atoms with E-state index in [1.165, 1.54) is 15.0 Å². The van der Waals surface area contributed by atoms with Gasteiger partial charge < -0.3 is 14.6 Å². The molecule has 0 aliphatic carbocycles. The number of fused-ring (bicyclic) bond motifs is 1. The van der Waals surface area contributed by atoms with E-state index in [2.05, 4.69) is 41.3 Å². The summed E-state index contributed by atoms with van der Waals surface area (Å²) >= 11 is 1.77. The first-order valence-electron chi connectivity index (χ1n) is 10.4. The Morgan fingerprint density at radius 1 is 1.23 bits per heavy atom. The number of nitrogens with zero attached hydrogens (tertiary/aromatic N) is 1. The van der Waals surface area contributed by atoms with Crippen LogP contribution in [0.15, 0.2) is 48.5 Å². The molecule has 0 saturated carbocycles. The Balaban J connectivity index is 1.78. The van der Waals surface area contributed by atoms with Gasteiger partial charge >= 0.3 is 5.97 Å². The number of piperidine rings is 1. The van der Waals surface area contributed by atoms with Gasteiger partial charge in [-0.1, -0.05) is 24.3 Å². The number of rotatable bonds is 7. The van der Waals surface area contributed by atoms with Gasteiger partial charge in [0.05, 0.1) is 25.7 Å². The fourth-order valence-corrected chi connectivity index (χ4v) is 5.49. The van der Waals surface area contributed by atoms with Crippen LogP contribution < -0.4 is 9.47 Å². The van der Waals surface area contributed by atoms with Gasteiger partial charge in [0.2, 0.25) is 0 Å². The van der Waals surface area contributed by atoms with E-state index < -0.39 is 5.97 Å². The van der Waals surface area contributed by atoms with Gasteiger partial charge in [-0.2, -0.15) is 0 Å². The third-order valence-electron chi connectivity index (χ3n) is 5.68. The van der Waals surface area contributed by atoms with Gasteiger partial charge in [0.25, 0.3) is 0 Å². The van der Waals surface area contributed by atoms with E-state index in [4.69, 9.17) is 9.47 Å². The van der Waals surface area contributed by atoms with Crippen LogP contribution in [0.4, 0.5) is 0 Å². The van der Waals surface area contributed by atoms with Crippen LogP contribution in [0.5, 0.6) is 11.5 Å². The summed E-state index contributed by atoms with van der Waals surface area (Å²) in [4.78, 5) is 15.2. The van der Waals surface area contributed by atoms with Gasteiger partial charge in [0.1, 0.15) is 0 Å². The van der Waals surface area contributed by atoms with Gasteiger partial charge in [-0.25, -0.2) is 0 Å². The number of thiophene rings is 1. The van der Waals surface area contributed by atoms with Crippen molar-refractivity contribution in [2.45, 2.75) is 25.8 Å². The second kappa shape index (κ2) is 9.06. The second-order valence-corrected chi connectivity index (χ2v) is 8.72. The van der Waals surface area contributed by atoms with Crippen LogP contribution in [0, 0.1) is 5.92 Å². The smallest absolute Gasteiger partial charge is 0.307 e. The van der Waals surface area contributed by atoms with E-state index in [0.717, 1.165) is 30.7 Å². The molecule has 0 amide bonds. The lowest BCUT2D eigenvalue weighted by Gasteiger charge is -2.37. The third-order valence-corrected chi connectivity index (χ3v) is 6.85. The standard InChI is InChI=1S/C24H27NO4S/c1-3-29-19-11-10-17(13-20(19)28-2)23(25-12-6-8-18(15-25)24(26)27)22-14-16-7-4-5-9-21(16)30-22/h4-5,7,9-11,13-14,18,23H,3,6,8,12,15H2,1-2H3,(H,26,27). The number of carboxylic acid groups (broad SMARTS) is 1. The number of hydrogen-bond donors (Lipinski definition) is 1. The third kappa shape index (κ3) is 4.16. The SMILES string of the molecule is CCOc1ccc(C(c2cc3ccccc3s2)N2CCCC(C(=O)O)C2)cc1OC. The maximum absolute atomic E-state index is 11.7. The van der Waals surface area contributed by atoms with Crippen LogP contribution in [0.1, 0.15) is 36.2 Å². The number of hydrogen-bond acceptors (Lipinski definition) is 5. The molecule has 5 nitrogen and oxygen atoms in total. The molecule has 0 bridgehead atoms. The topological polar surface area (TPSA) is 59.0 Å². The molecule has 1 aliphatic heterocycles. The summed E-state index contributed by atoms with van der Waals surface area (Å²) in [6.07, 6.45) is 1.62. The Bertz CT molecular complexity index is 998. The minimum atomic E-state index is -0.709. The van der Waals surface area contributed by atoms with Crippen LogP contribution >= 0.6 is 11.3 Å². The van der Waals surface area contributed by atoms with E-state index >= 15 is 0 Å². The van der Waals surface area contributed by atoms with Crippen molar-refractivity contribution >= 4 is 27.4 Å². The highest BCUT2D eigenvalue weighted by molar-refractivity contribution is 7.19. The average Bonchev–Trinajstić information content (AvgIpc) is 3.18. The van der Waals surface area contributed by atoms with Crippen molar-refractivity contribution in [2.24, 2.45) is 5.92 Å². The predicted molar refractivity (Wildman–Crippen MR) is 120 cm³/mol. The highest BCUT2D eigenvalue weighted by atomic mass is 32.1. The maximum atomic E-state index is 11.7. The van der Waals surface area contributed by atoms with Crippen molar-refractivity contribution in [1.82, 2.24) is 4.90 Å². The van der Waals surface area contributed by atoms with Gasteiger partial charge in [-0.15, -0.1) is 11.3 Å². The molecule has 4 rings (SSSR count). The number of likely N-dealkylation sites (tertiary alicyclic amines) is 1. The summed E-state index contributed by atoms with van der Waals surface area (Å²) in [6.45, 7) is 3.94. The molecule has 1 saturated heterocycles. The second-order valence-electron chi connectivity index (χ2n) is 7.60. The summed E-state index contributed by atoms with van der Waals surface area (Å²) in [7, 11) is 1.65. The average molecular weight is 426 g/mol. The molecular weight excluding hydrogens is 398 g/mol. The lowest BCUT2D eigenvalue weighted by molar-refractivity contribution is -0.143. The first-order chi connectivity index (χ1) is 14.6. The van der Waals surface area contributed by atoms with Crippen molar-refractivity contribution in [2.75, 3.05) is 26.8 Å². The van der Waals surface area contributed by atoms with Crippen LogP contribution in [0.2, 0.25) is 0 Å². The number of aliphatic carboxylic acids is 1. The zero-order valence-corrected chi connectivity index (χ0v) is 18.2. The normalized spacial score (nSPS) is 18.3. The highest BCUT2D eigenvalue weighted by Gasteiger charge is 2.32. The maximum Gasteiger partial charge on any atom is 0.307 e. The van der Waals surface area contributed by atoms with Gasteiger partial charge in [-0.05, 0) is 61.5 Å². The Hall–Kier alpha value is -2.57. The van der Waals surface area contributed by atoms with E-state index in [9.17, 15) is 9.90 Å². The quantitative estimate of drug-likeness (QED) is 0.564. The molecule has 30 heavy (non-hydrogen) atoms. The van der Waals surface area contributed by atoms with Gasteiger partial charge in [0.15, 0.2) is 11.5 Å². The van der Waals surface area contributed by atoms with E-state index in [0.29, 0.717) is 18.9 Å². The van der Waals surface area contributed by atoms with Crippen molar-refractivity contribution in [3.05, 3.63) is 59.0 Å². The number of benzene rings is 2. The fourth-order valence-electron chi connectivity index (χ4n) is 4.26. The molecular formula is C24H27NO4S. The summed E-state index contributed by atoms with van der Waals surface area (Å²) in [5.74, 6) is 0.382. The van der Waals surface area contributed by atoms with Crippen molar-refractivity contribution in [1.29, 1.82) is 0 Å². The lowest BCUT2D eigenvalue weighted by atomic mass is 9.94. The Kier molecular flexibility index (Phi) is 6.25. The molecule has 1 fully saturated rings. The fraction of sp³-hybridized carbons (Fsp3) is 0.375. The molecule has 1 aromatic heterocycles. The molecule has 2 unspecified atom stereocenters. The molecule has 3 aromatic rings. The predicted octanol–water partition coefficient (Wildman–Crippen LogP) is 5.19. The summed E-state index contributed by atoms with van der Waals surface area (Å²) in [5.41, 5.74) is 1.09. The first-order valence-corrected chi connectivity index (χ1v) is 11.2. The number of methoxy groups -OCH3 is 1. The van der Waals surface area contributed by atoms with Crippen LogP contribution in [-0.4, -0.2) is 42.8 Å². The molecule has 1 N–H and O–H groups in total. The largest absolute Gasteiger partial charge is 0.493 e. The van der Waals surface area contributed by atoms with Crippen LogP contribution in [0.25, 0.3) is 10.1 Å². The molecule has 2 heterocycles. The van der Waals surface area contributed by atoms with Crippen molar-refractivity contribution < 1.29 is 19.4 Å². The van der Waals surface area contributed by atoms with Crippen molar-refractivity contribution in [3.8, 4) is 11.5 Å². The summed E-state index contributed by atoms with van der Waals surface area (Å²) in [6, 6.07) is 16.6. The molecule has 2 atom stereocenters. The summed E-state index contributed by atoms with van der Waals surface area (Å²) < 4.78 is 12.5. The minimum Gasteiger partial charge on any atom is -0.493 e. The molecule has 6 heteroatoms. The van der Waals surface area contributed by atoms with Gasteiger partial charge in [0, 0.05) is 16.1 Å². The monoisotopic (exact) mass is 425 g/mol. The first kappa shape index (κ1) is 20.7.